The normalized spacial score (nSPS) is 12.2. The summed E-state index contributed by atoms with van der Waals surface area (Å²) in [5.74, 6) is -0.475. The van der Waals surface area contributed by atoms with Crippen LogP contribution in [0.5, 0.6) is 5.75 Å². The molecule has 0 spiro atoms. The van der Waals surface area contributed by atoms with Crippen LogP contribution in [0, 0.1) is 5.92 Å². The van der Waals surface area contributed by atoms with Gasteiger partial charge in [0.2, 0.25) is 5.96 Å². The highest BCUT2D eigenvalue weighted by Crippen LogP contribution is 2.32. The summed E-state index contributed by atoms with van der Waals surface area (Å²) in [6.45, 7) is 5.21. The van der Waals surface area contributed by atoms with E-state index in [1.165, 1.54) is 24.3 Å². The van der Waals surface area contributed by atoms with Crippen molar-refractivity contribution in [1.82, 2.24) is 15.3 Å². The molecule has 13 heteroatoms. The summed E-state index contributed by atoms with van der Waals surface area (Å²) in [5, 5.41) is 19.4. The summed E-state index contributed by atoms with van der Waals surface area (Å²) < 4.78 is 40.5. The molecule has 3 rings (SSSR count). The molecule has 3 aromatic rings. The lowest BCUT2D eigenvalue weighted by molar-refractivity contribution is -0.141. The first-order valence-electron chi connectivity index (χ1n) is 10.7. The van der Waals surface area contributed by atoms with E-state index in [2.05, 4.69) is 30.9 Å². The van der Waals surface area contributed by atoms with Crippen molar-refractivity contribution in [2.75, 3.05) is 17.2 Å². The highest BCUT2D eigenvalue weighted by atomic mass is 35.5. The second-order valence-electron chi connectivity index (χ2n) is 8.18. The van der Waals surface area contributed by atoms with Gasteiger partial charge in [0, 0.05) is 29.5 Å². The Morgan fingerprint density at radius 2 is 1.78 bits per heavy atom. The van der Waals surface area contributed by atoms with E-state index in [0.717, 1.165) is 12.6 Å². The van der Waals surface area contributed by atoms with Crippen LogP contribution in [0.25, 0.3) is 0 Å². The summed E-state index contributed by atoms with van der Waals surface area (Å²) in [5.41, 5.74) is 6.03. The highest BCUT2D eigenvalue weighted by molar-refractivity contribution is 6.42. The molecule has 0 aliphatic heterocycles. The first-order valence-corrected chi connectivity index (χ1v) is 11.5. The van der Waals surface area contributed by atoms with Crippen LogP contribution < -0.4 is 21.7 Å². The zero-order chi connectivity index (χ0) is 26.5. The van der Waals surface area contributed by atoms with Gasteiger partial charge in [-0.1, -0.05) is 37.0 Å². The third-order valence-electron chi connectivity index (χ3n) is 4.64. The number of nitrogens with zero attached hydrogens (tertiary/aromatic N) is 3. The van der Waals surface area contributed by atoms with Crippen LogP contribution in [0.2, 0.25) is 10.0 Å². The molecule has 2 aromatic carbocycles. The van der Waals surface area contributed by atoms with Crippen molar-refractivity contribution >= 4 is 52.3 Å². The summed E-state index contributed by atoms with van der Waals surface area (Å²) in [7, 11) is 0. The van der Waals surface area contributed by atoms with Crippen LogP contribution in [-0.2, 0) is 12.7 Å². The number of aliphatic imine (C=N–C) groups is 1. The van der Waals surface area contributed by atoms with Gasteiger partial charge < -0.3 is 26.8 Å². The van der Waals surface area contributed by atoms with Gasteiger partial charge in [-0.05, 0) is 48.9 Å². The Morgan fingerprint density at radius 3 is 2.44 bits per heavy atom. The number of alkyl halides is 3. The Labute approximate surface area is 215 Å². The minimum Gasteiger partial charge on any atom is -0.508 e. The van der Waals surface area contributed by atoms with Crippen molar-refractivity contribution in [2.45, 2.75) is 26.6 Å². The Balaban J connectivity index is 1.87. The van der Waals surface area contributed by atoms with Crippen molar-refractivity contribution in [1.29, 1.82) is 0 Å². The molecule has 1 heterocycles. The lowest BCUT2D eigenvalue weighted by Crippen LogP contribution is -2.22. The van der Waals surface area contributed by atoms with Gasteiger partial charge >= 0.3 is 6.18 Å². The Morgan fingerprint density at radius 1 is 1.06 bits per heavy atom. The fourth-order valence-corrected chi connectivity index (χ4v) is 3.30. The van der Waals surface area contributed by atoms with E-state index in [0.29, 0.717) is 34.4 Å². The van der Waals surface area contributed by atoms with Gasteiger partial charge in [0.1, 0.15) is 11.6 Å². The molecule has 0 aliphatic rings. The molecule has 0 amide bonds. The molecule has 0 saturated heterocycles. The maximum absolute atomic E-state index is 13.5. The van der Waals surface area contributed by atoms with E-state index < -0.39 is 17.8 Å². The van der Waals surface area contributed by atoms with Crippen molar-refractivity contribution < 1.29 is 18.3 Å². The molecule has 0 atom stereocenters. The number of hydrogen-bond acceptors (Lipinski definition) is 6. The minimum absolute atomic E-state index is 0.0573. The zero-order valence-electron chi connectivity index (χ0n) is 19.3. The van der Waals surface area contributed by atoms with Gasteiger partial charge in [0.05, 0.1) is 10.0 Å². The number of aromatic nitrogens is 2. The number of hydrogen-bond donors (Lipinski definition) is 5. The number of nitrogens with one attached hydrogen (secondary N) is 3. The highest BCUT2D eigenvalue weighted by Gasteiger charge is 2.34. The van der Waals surface area contributed by atoms with Gasteiger partial charge in [-0.15, -0.1) is 0 Å². The quantitative estimate of drug-likeness (QED) is 0.133. The predicted octanol–water partition coefficient (Wildman–Crippen LogP) is 6.06. The third-order valence-corrected chi connectivity index (χ3v) is 5.38. The molecular weight excluding hydrogens is 518 g/mol. The first-order chi connectivity index (χ1) is 16.9. The third kappa shape index (κ3) is 7.87. The number of benzene rings is 2. The molecule has 192 valence electrons. The summed E-state index contributed by atoms with van der Waals surface area (Å²) in [6.07, 6.45) is -4.75. The van der Waals surface area contributed by atoms with E-state index in [9.17, 15) is 18.3 Å². The SMILES string of the molecule is CC(C)CNCc1cc(Nc2cc(C(F)(F)F)nc(/N=C(\N)Nc3ccc(Cl)c(Cl)c3)n2)ccc1O. The van der Waals surface area contributed by atoms with E-state index in [1.54, 1.807) is 12.1 Å². The van der Waals surface area contributed by atoms with Crippen LogP contribution in [0.3, 0.4) is 0 Å². The number of rotatable bonds is 8. The van der Waals surface area contributed by atoms with E-state index in [-0.39, 0.29) is 22.5 Å². The first kappa shape index (κ1) is 27.3. The molecule has 0 fully saturated rings. The topological polar surface area (TPSA) is 120 Å². The fourth-order valence-electron chi connectivity index (χ4n) is 3.00. The van der Waals surface area contributed by atoms with Crippen LogP contribution in [0.1, 0.15) is 25.1 Å². The molecule has 0 unspecified atom stereocenters. The second kappa shape index (κ2) is 11.6. The maximum Gasteiger partial charge on any atom is 0.433 e. The zero-order valence-corrected chi connectivity index (χ0v) is 20.8. The molecule has 0 saturated carbocycles. The monoisotopic (exact) mass is 541 g/mol. The van der Waals surface area contributed by atoms with Gasteiger partial charge in [0.15, 0.2) is 5.69 Å². The van der Waals surface area contributed by atoms with E-state index >= 15 is 0 Å². The lowest BCUT2D eigenvalue weighted by atomic mass is 10.1. The molecule has 6 N–H and O–H groups in total. The van der Waals surface area contributed by atoms with Crippen molar-refractivity contribution in [3.8, 4) is 5.75 Å². The lowest BCUT2D eigenvalue weighted by Gasteiger charge is -2.13. The van der Waals surface area contributed by atoms with Crippen LogP contribution in [-0.4, -0.2) is 27.6 Å². The van der Waals surface area contributed by atoms with Crippen molar-refractivity contribution in [3.05, 3.63) is 63.8 Å². The number of phenolic OH excluding ortho intramolecular Hbond substituents is 1. The van der Waals surface area contributed by atoms with Gasteiger partial charge in [0.25, 0.3) is 5.95 Å². The smallest absolute Gasteiger partial charge is 0.433 e. The minimum atomic E-state index is -4.75. The number of guanidine groups is 1. The summed E-state index contributed by atoms with van der Waals surface area (Å²) in [6, 6.07) is 9.89. The number of aromatic hydroxyl groups is 1. The average molecular weight is 542 g/mol. The molecular formula is C23H24Cl2F3N7O. The van der Waals surface area contributed by atoms with Gasteiger partial charge in [-0.2, -0.15) is 23.1 Å². The van der Waals surface area contributed by atoms with Crippen LogP contribution in [0.15, 0.2) is 47.5 Å². The molecule has 8 nitrogen and oxygen atoms in total. The van der Waals surface area contributed by atoms with E-state index in [4.69, 9.17) is 28.9 Å². The Bertz CT molecular complexity index is 1250. The van der Waals surface area contributed by atoms with Crippen molar-refractivity contribution in [2.24, 2.45) is 16.6 Å². The van der Waals surface area contributed by atoms with E-state index in [1.807, 2.05) is 13.8 Å². The molecule has 1 aromatic heterocycles. The molecule has 0 radical (unpaired) electrons. The molecule has 36 heavy (non-hydrogen) atoms. The Hall–Kier alpha value is -3.28. The number of nitrogens with two attached hydrogens (primary N) is 1. The number of halogens is 5. The standard InChI is InChI=1S/C23H24Cl2F3N7O/c1-12(2)10-30-11-13-7-14(4-6-18(13)36)31-20-9-19(23(26,27)28)33-22(34-20)35-21(29)32-15-3-5-16(24)17(25)8-15/h3-9,12,30,36H,10-11H2,1-2H3,(H4,29,31,32,33,34,35). The van der Waals surface area contributed by atoms with Gasteiger partial charge in [-0.25, -0.2) is 4.98 Å². The number of phenols is 1. The second-order valence-corrected chi connectivity index (χ2v) is 8.99. The Kier molecular flexibility index (Phi) is 8.83. The van der Waals surface area contributed by atoms with Crippen LogP contribution in [0.4, 0.5) is 36.3 Å². The average Bonchev–Trinajstić information content (AvgIpc) is 2.77. The maximum atomic E-state index is 13.5. The predicted molar refractivity (Wildman–Crippen MR) is 136 cm³/mol. The van der Waals surface area contributed by atoms with Crippen LogP contribution >= 0.6 is 23.2 Å². The largest absolute Gasteiger partial charge is 0.508 e. The van der Waals surface area contributed by atoms with Crippen molar-refractivity contribution in [3.63, 3.8) is 0 Å². The molecule has 0 aliphatic carbocycles. The summed E-state index contributed by atoms with van der Waals surface area (Å²) in [4.78, 5) is 11.4. The molecule has 0 bridgehead atoms. The number of anilines is 3. The van der Waals surface area contributed by atoms with Gasteiger partial charge in [-0.3, -0.25) is 0 Å². The summed E-state index contributed by atoms with van der Waals surface area (Å²) >= 11 is 11.8. The fraction of sp³-hybridized carbons (Fsp3) is 0.261.